The molecule has 2 heterocycles. The molecule has 8 heteroatoms. The lowest BCUT2D eigenvalue weighted by molar-refractivity contribution is 0.203. The fourth-order valence-electron chi connectivity index (χ4n) is 2.90. The average molecular weight is 394 g/mol. The van der Waals surface area contributed by atoms with E-state index in [0.717, 1.165) is 21.5 Å². The molecular formula is C20H16ClN5O2. The number of hydrogen-bond acceptors (Lipinski definition) is 4. The van der Waals surface area contributed by atoms with Gasteiger partial charge in [0.2, 0.25) is 0 Å². The van der Waals surface area contributed by atoms with E-state index in [9.17, 15) is 4.79 Å². The third-order valence-electron chi connectivity index (χ3n) is 4.46. The molecule has 0 aliphatic carbocycles. The lowest BCUT2D eigenvalue weighted by Gasteiger charge is -2.13. The van der Waals surface area contributed by atoms with Crippen molar-refractivity contribution in [1.29, 1.82) is 0 Å². The summed E-state index contributed by atoms with van der Waals surface area (Å²) in [7, 11) is 1.50. The first kappa shape index (κ1) is 17.8. The van der Waals surface area contributed by atoms with Crippen LogP contribution in [0.25, 0.3) is 33.7 Å². The number of rotatable bonds is 3. The molecule has 0 aliphatic rings. The molecular weight excluding hydrogens is 378 g/mol. The van der Waals surface area contributed by atoms with Gasteiger partial charge in [-0.1, -0.05) is 23.7 Å². The number of halogens is 1. The molecule has 2 aromatic heterocycles. The van der Waals surface area contributed by atoms with Crippen molar-refractivity contribution in [3.05, 3.63) is 59.8 Å². The van der Waals surface area contributed by atoms with Gasteiger partial charge < -0.3 is 15.8 Å². The highest BCUT2D eigenvalue weighted by atomic mass is 35.5. The maximum atomic E-state index is 11.1. The van der Waals surface area contributed by atoms with Crippen molar-refractivity contribution >= 4 is 40.2 Å². The van der Waals surface area contributed by atoms with Crippen LogP contribution in [0.15, 0.2) is 54.7 Å². The van der Waals surface area contributed by atoms with E-state index in [0.29, 0.717) is 33.4 Å². The minimum Gasteiger partial charge on any atom is -0.465 e. The van der Waals surface area contributed by atoms with Crippen molar-refractivity contribution in [3.63, 3.8) is 0 Å². The van der Waals surface area contributed by atoms with Crippen molar-refractivity contribution in [3.8, 4) is 22.5 Å². The number of carbonyl (C=O) groups is 1. The topological polar surface area (TPSA) is 108 Å². The van der Waals surface area contributed by atoms with Gasteiger partial charge in [0.15, 0.2) is 5.65 Å². The zero-order chi connectivity index (χ0) is 19.8. The van der Waals surface area contributed by atoms with Crippen LogP contribution < -0.4 is 10.6 Å². The number of carboxylic acid groups (broad SMARTS) is 1. The Morgan fingerprint density at radius 3 is 2.61 bits per heavy atom. The van der Waals surface area contributed by atoms with Crippen LogP contribution >= 0.6 is 11.6 Å². The highest BCUT2D eigenvalue weighted by Gasteiger charge is 2.12. The first-order valence-electron chi connectivity index (χ1n) is 8.40. The smallest absolute Gasteiger partial charge is 0.411 e. The van der Waals surface area contributed by atoms with Gasteiger partial charge in [-0.25, -0.2) is 14.8 Å². The molecule has 0 fully saturated rings. The Hall–Kier alpha value is -3.58. The largest absolute Gasteiger partial charge is 0.465 e. The number of nitrogens with zero attached hydrogens (tertiary/aromatic N) is 3. The number of anilines is 2. The van der Waals surface area contributed by atoms with Crippen LogP contribution in [0, 0.1) is 0 Å². The first-order chi connectivity index (χ1) is 13.4. The fourth-order valence-corrected chi connectivity index (χ4v) is 3.10. The molecule has 4 rings (SSSR count). The van der Waals surface area contributed by atoms with Crippen molar-refractivity contribution in [2.24, 2.45) is 0 Å². The second-order valence-electron chi connectivity index (χ2n) is 6.31. The number of pyridine rings is 1. The van der Waals surface area contributed by atoms with Crippen molar-refractivity contribution in [1.82, 2.24) is 15.0 Å². The Kier molecular flexibility index (Phi) is 4.37. The number of amides is 1. The summed E-state index contributed by atoms with van der Waals surface area (Å²) in [5, 5.41) is 9.61. The van der Waals surface area contributed by atoms with Crippen LogP contribution in [-0.4, -0.2) is 33.2 Å². The Bertz CT molecular complexity index is 1190. The number of H-pyrrole nitrogens is 1. The minimum atomic E-state index is -1.01. The van der Waals surface area contributed by atoms with Gasteiger partial charge in [0.1, 0.15) is 5.82 Å². The number of benzene rings is 2. The molecule has 0 saturated carbocycles. The summed E-state index contributed by atoms with van der Waals surface area (Å²) in [6, 6.07) is 14.4. The van der Waals surface area contributed by atoms with Crippen LogP contribution in [-0.2, 0) is 0 Å². The Morgan fingerprint density at radius 1 is 1.14 bits per heavy atom. The van der Waals surface area contributed by atoms with Gasteiger partial charge in [0.05, 0.1) is 10.5 Å². The highest BCUT2D eigenvalue weighted by molar-refractivity contribution is 6.33. The molecule has 4 N–H and O–H groups in total. The Morgan fingerprint density at radius 2 is 1.89 bits per heavy atom. The summed E-state index contributed by atoms with van der Waals surface area (Å²) >= 11 is 6.27. The van der Waals surface area contributed by atoms with Gasteiger partial charge in [0, 0.05) is 35.7 Å². The predicted octanol–water partition coefficient (Wildman–Crippen LogP) is 4.64. The quantitative estimate of drug-likeness (QED) is 0.439. The van der Waals surface area contributed by atoms with Crippen LogP contribution in [0.3, 0.4) is 0 Å². The van der Waals surface area contributed by atoms with Crippen LogP contribution in [0.4, 0.5) is 16.2 Å². The van der Waals surface area contributed by atoms with Crippen LogP contribution in [0.2, 0.25) is 5.02 Å². The fraction of sp³-hybridized carbons (Fsp3) is 0.0500. The van der Waals surface area contributed by atoms with E-state index in [2.05, 4.69) is 15.0 Å². The second kappa shape index (κ2) is 6.86. The van der Waals surface area contributed by atoms with E-state index in [-0.39, 0.29) is 0 Å². The molecule has 0 radical (unpaired) electrons. The SMILES string of the molecule is CN(C(=O)O)c1ccc(-c2cnc3nc(-c4cc(N)ccc4Cl)[nH]c3c2)cc1. The number of aromatic nitrogens is 3. The molecule has 1 amide bonds. The van der Waals surface area contributed by atoms with E-state index in [4.69, 9.17) is 22.4 Å². The minimum absolute atomic E-state index is 0.548. The standard InChI is InChI=1S/C20H16ClN5O2/c1-26(20(27)28)14-5-2-11(3-6-14)12-8-17-19(23-10-12)25-18(24-17)15-9-13(22)4-7-16(15)21/h2-10H,22H2,1H3,(H,27,28)(H,23,24,25). The zero-order valence-electron chi connectivity index (χ0n) is 14.8. The number of hydrogen-bond donors (Lipinski definition) is 3. The highest BCUT2D eigenvalue weighted by Crippen LogP contribution is 2.30. The molecule has 7 nitrogen and oxygen atoms in total. The third-order valence-corrected chi connectivity index (χ3v) is 4.79. The van der Waals surface area contributed by atoms with Gasteiger partial charge in [-0.15, -0.1) is 0 Å². The van der Waals surface area contributed by atoms with Crippen molar-refractivity contribution in [2.75, 3.05) is 17.7 Å². The van der Waals surface area contributed by atoms with Crippen LogP contribution in [0.1, 0.15) is 0 Å². The van der Waals surface area contributed by atoms with Crippen molar-refractivity contribution < 1.29 is 9.90 Å². The maximum Gasteiger partial charge on any atom is 0.411 e. The van der Waals surface area contributed by atoms with Gasteiger partial charge in [-0.3, -0.25) is 4.90 Å². The van der Waals surface area contributed by atoms with Gasteiger partial charge in [-0.2, -0.15) is 0 Å². The molecule has 0 aliphatic heterocycles. The van der Waals surface area contributed by atoms with Crippen LogP contribution in [0.5, 0.6) is 0 Å². The lowest BCUT2D eigenvalue weighted by Crippen LogP contribution is -2.23. The molecule has 4 aromatic rings. The van der Waals surface area contributed by atoms with Gasteiger partial charge in [-0.05, 0) is 42.0 Å². The summed E-state index contributed by atoms with van der Waals surface area (Å²) < 4.78 is 0. The normalized spacial score (nSPS) is 10.9. The number of fused-ring (bicyclic) bond motifs is 1. The predicted molar refractivity (Wildman–Crippen MR) is 111 cm³/mol. The molecule has 0 bridgehead atoms. The zero-order valence-corrected chi connectivity index (χ0v) is 15.6. The first-order valence-corrected chi connectivity index (χ1v) is 8.78. The van der Waals surface area contributed by atoms with E-state index < -0.39 is 6.09 Å². The molecule has 0 atom stereocenters. The maximum absolute atomic E-state index is 11.1. The number of nitrogen functional groups attached to an aromatic ring is 1. The van der Waals surface area contributed by atoms with Gasteiger partial charge >= 0.3 is 6.09 Å². The monoisotopic (exact) mass is 393 g/mol. The number of nitrogens with two attached hydrogens (primary N) is 1. The van der Waals surface area contributed by atoms with E-state index >= 15 is 0 Å². The molecule has 0 spiro atoms. The lowest BCUT2D eigenvalue weighted by atomic mass is 10.1. The Balaban J connectivity index is 1.70. The molecule has 140 valence electrons. The molecule has 2 aromatic carbocycles. The third kappa shape index (κ3) is 3.23. The van der Waals surface area contributed by atoms with E-state index in [1.807, 2.05) is 18.2 Å². The number of nitrogens with one attached hydrogen (secondary N) is 1. The van der Waals surface area contributed by atoms with E-state index in [1.165, 1.54) is 7.05 Å². The summed E-state index contributed by atoms with van der Waals surface area (Å²) in [6.45, 7) is 0. The summed E-state index contributed by atoms with van der Waals surface area (Å²) in [5.74, 6) is 0.593. The van der Waals surface area contributed by atoms with Gasteiger partial charge in [0.25, 0.3) is 0 Å². The number of aromatic amines is 1. The molecule has 0 unspecified atom stereocenters. The molecule has 28 heavy (non-hydrogen) atoms. The molecule has 0 saturated heterocycles. The summed E-state index contributed by atoms with van der Waals surface area (Å²) in [4.78, 5) is 24.4. The second-order valence-corrected chi connectivity index (χ2v) is 6.72. The van der Waals surface area contributed by atoms with Crippen molar-refractivity contribution in [2.45, 2.75) is 0 Å². The number of imidazole rings is 1. The Labute approximate surface area is 165 Å². The summed E-state index contributed by atoms with van der Waals surface area (Å²) in [5.41, 5.74) is 10.9. The summed E-state index contributed by atoms with van der Waals surface area (Å²) in [6.07, 6.45) is 0.713. The van der Waals surface area contributed by atoms with E-state index in [1.54, 1.807) is 36.5 Å². The average Bonchev–Trinajstić information content (AvgIpc) is 3.12.